The van der Waals surface area contributed by atoms with Gasteiger partial charge in [0.1, 0.15) is 0 Å². The highest BCUT2D eigenvalue weighted by molar-refractivity contribution is 6.00. The molecule has 2 aliphatic heterocycles. The van der Waals surface area contributed by atoms with Gasteiger partial charge in [-0.05, 0) is 36.6 Å². The van der Waals surface area contributed by atoms with Gasteiger partial charge in [0, 0.05) is 44.3 Å². The largest absolute Gasteiger partial charge is 0.416 e. The van der Waals surface area contributed by atoms with Crippen LogP contribution in [0.1, 0.15) is 30.4 Å². The van der Waals surface area contributed by atoms with Gasteiger partial charge in [0.2, 0.25) is 11.8 Å². The third-order valence-corrected chi connectivity index (χ3v) is 6.16. The zero-order valence-corrected chi connectivity index (χ0v) is 17.6. The summed E-state index contributed by atoms with van der Waals surface area (Å²) in [7, 11) is 0. The molecular formula is C24H26F3N3O2. The van der Waals surface area contributed by atoms with Gasteiger partial charge in [0.05, 0.1) is 11.5 Å². The van der Waals surface area contributed by atoms with Gasteiger partial charge in [-0.2, -0.15) is 13.2 Å². The smallest absolute Gasteiger partial charge is 0.353 e. The first kappa shape index (κ1) is 22.3. The Morgan fingerprint density at radius 1 is 1.03 bits per heavy atom. The normalized spacial score (nSPS) is 20.5. The van der Waals surface area contributed by atoms with Crippen molar-refractivity contribution in [3.05, 3.63) is 65.7 Å². The first-order chi connectivity index (χ1) is 15.3. The van der Waals surface area contributed by atoms with E-state index < -0.39 is 17.7 Å². The molecule has 2 aromatic rings. The molecule has 0 saturated carbocycles. The maximum atomic E-state index is 13.0. The first-order valence-electron chi connectivity index (χ1n) is 10.8. The van der Waals surface area contributed by atoms with Gasteiger partial charge in [0.15, 0.2) is 0 Å². The van der Waals surface area contributed by atoms with Crippen LogP contribution in [-0.2, 0) is 22.3 Å². The van der Waals surface area contributed by atoms with Crippen molar-refractivity contribution in [2.75, 3.05) is 24.5 Å². The number of anilines is 1. The van der Waals surface area contributed by atoms with Crippen molar-refractivity contribution in [1.82, 2.24) is 10.2 Å². The lowest BCUT2D eigenvalue weighted by molar-refractivity contribution is -0.137. The van der Waals surface area contributed by atoms with Crippen molar-refractivity contribution >= 4 is 17.5 Å². The number of carbonyl (C=O) groups is 2. The molecule has 0 aliphatic carbocycles. The lowest BCUT2D eigenvalue weighted by Crippen LogP contribution is -2.46. The Morgan fingerprint density at radius 3 is 2.44 bits per heavy atom. The van der Waals surface area contributed by atoms with E-state index in [1.165, 1.54) is 22.6 Å². The van der Waals surface area contributed by atoms with E-state index in [2.05, 4.69) is 22.3 Å². The second-order valence-electron chi connectivity index (χ2n) is 8.50. The van der Waals surface area contributed by atoms with Crippen LogP contribution in [0.2, 0.25) is 0 Å². The van der Waals surface area contributed by atoms with Gasteiger partial charge < -0.3 is 10.2 Å². The van der Waals surface area contributed by atoms with Crippen LogP contribution < -0.4 is 10.2 Å². The van der Waals surface area contributed by atoms with Gasteiger partial charge in [-0.25, -0.2) is 0 Å². The maximum absolute atomic E-state index is 13.0. The SMILES string of the molecule is O=C(NC1CCN(Cc2ccccc2)CC1)[C@H]1CC(=O)N(c2cccc(C(F)(F)F)c2)C1. The van der Waals surface area contributed by atoms with Crippen molar-refractivity contribution in [2.24, 2.45) is 5.92 Å². The summed E-state index contributed by atoms with van der Waals surface area (Å²) in [5.74, 6) is -1.09. The molecule has 5 nitrogen and oxygen atoms in total. The van der Waals surface area contributed by atoms with Crippen LogP contribution >= 0.6 is 0 Å². The summed E-state index contributed by atoms with van der Waals surface area (Å²) in [5.41, 5.74) is 0.626. The highest BCUT2D eigenvalue weighted by Crippen LogP contribution is 2.33. The van der Waals surface area contributed by atoms with E-state index >= 15 is 0 Å². The fourth-order valence-electron chi connectivity index (χ4n) is 4.38. The van der Waals surface area contributed by atoms with E-state index in [4.69, 9.17) is 0 Å². The highest BCUT2D eigenvalue weighted by atomic mass is 19.4. The van der Waals surface area contributed by atoms with Crippen LogP contribution in [0.25, 0.3) is 0 Å². The number of nitrogens with one attached hydrogen (secondary N) is 1. The van der Waals surface area contributed by atoms with Gasteiger partial charge in [0.25, 0.3) is 0 Å². The molecule has 2 fully saturated rings. The molecule has 0 bridgehead atoms. The quantitative estimate of drug-likeness (QED) is 0.761. The van der Waals surface area contributed by atoms with Crippen LogP contribution in [0.4, 0.5) is 18.9 Å². The van der Waals surface area contributed by atoms with Crippen molar-refractivity contribution in [3.8, 4) is 0 Å². The average Bonchev–Trinajstić information content (AvgIpc) is 3.17. The summed E-state index contributed by atoms with van der Waals surface area (Å²) in [6.07, 6.45) is -2.81. The van der Waals surface area contributed by atoms with E-state index in [0.29, 0.717) is 0 Å². The van der Waals surface area contributed by atoms with Crippen molar-refractivity contribution in [2.45, 2.75) is 38.0 Å². The Bertz CT molecular complexity index is 956. The number of hydrogen-bond acceptors (Lipinski definition) is 3. The average molecular weight is 445 g/mol. The fourth-order valence-corrected chi connectivity index (χ4v) is 4.38. The molecule has 1 N–H and O–H groups in total. The van der Waals surface area contributed by atoms with Crippen molar-refractivity contribution < 1.29 is 22.8 Å². The molecular weight excluding hydrogens is 419 g/mol. The molecule has 0 radical (unpaired) electrons. The minimum absolute atomic E-state index is 0.00886. The standard InChI is InChI=1S/C24H26F3N3O2/c25-24(26,27)19-7-4-8-21(14-19)30-16-18(13-22(30)31)23(32)28-20-9-11-29(12-10-20)15-17-5-2-1-3-6-17/h1-8,14,18,20H,9-13,15-16H2,(H,28,32)/t18-/m0/s1. The van der Waals surface area contributed by atoms with Gasteiger partial charge in [-0.15, -0.1) is 0 Å². The lowest BCUT2D eigenvalue weighted by atomic mass is 10.0. The molecule has 2 aromatic carbocycles. The second kappa shape index (κ2) is 9.32. The van der Waals surface area contributed by atoms with Gasteiger partial charge in [-0.1, -0.05) is 36.4 Å². The number of likely N-dealkylation sites (tertiary alicyclic amines) is 1. The van der Waals surface area contributed by atoms with E-state index in [0.717, 1.165) is 44.6 Å². The molecule has 2 saturated heterocycles. The molecule has 0 unspecified atom stereocenters. The number of alkyl halides is 3. The summed E-state index contributed by atoms with van der Waals surface area (Å²) in [6, 6.07) is 15.0. The number of carbonyl (C=O) groups excluding carboxylic acids is 2. The Labute approximate surface area is 185 Å². The van der Waals surface area contributed by atoms with Crippen LogP contribution in [0.15, 0.2) is 54.6 Å². The lowest BCUT2D eigenvalue weighted by Gasteiger charge is -2.32. The topological polar surface area (TPSA) is 52.7 Å². The van der Waals surface area contributed by atoms with Gasteiger partial charge >= 0.3 is 6.18 Å². The van der Waals surface area contributed by atoms with Crippen molar-refractivity contribution in [3.63, 3.8) is 0 Å². The molecule has 8 heteroatoms. The molecule has 2 aliphatic rings. The Balaban J connectivity index is 1.29. The van der Waals surface area contributed by atoms with E-state index in [9.17, 15) is 22.8 Å². The summed E-state index contributed by atoms with van der Waals surface area (Å²) < 4.78 is 39.0. The molecule has 0 aromatic heterocycles. The zero-order valence-electron chi connectivity index (χ0n) is 17.6. The number of piperidine rings is 1. The second-order valence-corrected chi connectivity index (χ2v) is 8.50. The first-order valence-corrected chi connectivity index (χ1v) is 10.8. The monoisotopic (exact) mass is 445 g/mol. The molecule has 4 rings (SSSR count). The number of amides is 2. The van der Waals surface area contributed by atoms with E-state index in [1.807, 2.05) is 18.2 Å². The summed E-state index contributed by atoms with van der Waals surface area (Å²) >= 11 is 0. The molecule has 1 atom stereocenters. The predicted molar refractivity (Wildman–Crippen MR) is 115 cm³/mol. The van der Waals surface area contributed by atoms with Crippen LogP contribution in [0.5, 0.6) is 0 Å². The minimum Gasteiger partial charge on any atom is -0.353 e. The summed E-state index contributed by atoms with van der Waals surface area (Å²) in [6.45, 7) is 2.73. The molecule has 2 amide bonds. The number of halogens is 3. The number of rotatable bonds is 5. The fraction of sp³-hybridized carbons (Fsp3) is 0.417. The predicted octanol–water partition coefficient (Wildman–Crippen LogP) is 3.84. The molecule has 170 valence electrons. The van der Waals surface area contributed by atoms with Crippen LogP contribution in [0, 0.1) is 5.92 Å². The highest BCUT2D eigenvalue weighted by Gasteiger charge is 2.37. The van der Waals surface area contributed by atoms with E-state index in [1.54, 1.807) is 0 Å². The Morgan fingerprint density at radius 2 is 1.75 bits per heavy atom. The van der Waals surface area contributed by atoms with Crippen molar-refractivity contribution in [1.29, 1.82) is 0 Å². The number of benzene rings is 2. The molecule has 2 heterocycles. The maximum Gasteiger partial charge on any atom is 0.416 e. The Hall–Kier alpha value is -2.87. The number of nitrogens with zero attached hydrogens (tertiary/aromatic N) is 2. The summed E-state index contributed by atoms with van der Waals surface area (Å²) in [4.78, 5) is 28.8. The summed E-state index contributed by atoms with van der Waals surface area (Å²) in [5, 5.41) is 3.05. The van der Waals surface area contributed by atoms with E-state index in [-0.39, 0.29) is 36.5 Å². The Kier molecular flexibility index (Phi) is 6.50. The van der Waals surface area contributed by atoms with Crippen LogP contribution in [0.3, 0.4) is 0 Å². The third-order valence-electron chi connectivity index (χ3n) is 6.16. The number of hydrogen-bond donors (Lipinski definition) is 1. The molecule has 0 spiro atoms. The third kappa shape index (κ3) is 5.30. The van der Waals surface area contributed by atoms with Crippen LogP contribution in [-0.4, -0.2) is 42.4 Å². The molecule has 32 heavy (non-hydrogen) atoms. The van der Waals surface area contributed by atoms with Gasteiger partial charge in [-0.3, -0.25) is 14.5 Å². The zero-order chi connectivity index (χ0) is 22.7. The minimum atomic E-state index is -4.48.